The molecule has 5 heteroatoms. The quantitative estimate of drug-likeness (QED) is 0.857. The van der Waals surface area contributed by atoms with Gasteiger partial charge in [0.1, 0.15) is 0 Å². The third kappa shape index (κ3) is 3.66. The van der Waals surface area contributed by atoms with E-state index >= 15 is 0 Å². The van der Waals surface area contributed by atoms with Crippen molar-refractivity contribution in [3.8, 4) is 11.8 Å². The first-order valence-electron chi connectivity index (χ1n) is 6.69. The van der Waals surface area contributed by atoms with Crippen molar-refractivity contribution in [3.05, 3.63) is 65.5 Å². The summed E-state index contributed by atoms with van der Waals surface area (Å²) in [5.74, 6) is 5.40. The maximum atomic E-state index is 12.5. The van der Waals surface area contributed by atoms with Crippen molar-refractivity contribution >= 4 is 0 Å². The maximum Gasteiger partial charge on any atom is 0.416 e. The van der Waals surface area contributed by atoms with Gasteiger partial charge in [0, 0.05) is 11.8 Å². The molecular formula is C17H14F3NO. The molecule has 2 aromatic rings. The summed E-state index contributed by atoms with van der Waals surface area (Å²) >= 11 is 0. The van der Waals surface area contributed by atoms with Crippen molar-refractivity contribution in [1.29, 1.82) is 0 Å². The number of aliphatic hydroxyl groups is 1. The van der Waals surface area contributed by atoms with Gasteiger partial charge >= 0.3 is 6.18 Å². The van der Waals surface area contributed by atoms with Crippen LogP contribution in [0.1, 0.15) is 30.2 Å². The highest BCUT2D eigenvalue weighted by molar-refractivity contribution is 5.40. The topological polar surface area (TPSA) is 33.1 Å². The Morgan fingerprint density at radius 2 is 1.77 bits per heavy atom. The van der Waals surface area contributed by atoms with E-state index in [-0.39, 0.29) is 0 Å². The summed E-state index contributed by atoms with van der Waals surface area (Å²) in [6, 6.07) is 9.62. The van der Waals surface area contributed by atoms with Crippen LogP contribution >= 0.6 is 0 Å². The number of pyridine rings is 1. The average Bonchev–Trinajstić information content (AvgIpc) is 2.53. The third-order valence-corrected chi connectivity index (χ3v) is 3.23. The van der Waals surface area contributed by atoms with Crippen molar-refractivity contribution < 1.29 is 18.3 Å². The summed E-state index contributed by atoms with van der Waals surface area (Å²) in [6.45, 7) is 1.76. The molecule has 0 amide bonds. The van der Waals surface area contributed by atoms with E-state index in [0.29, 0.717) is 17.7 Å². The van der Waals surface area contributed by atoms with Gasteiger partial charge < -0.3 is 5.11 Å². The van der Waals surface area contributed by atoms with Crippen LogP contribution in [0.3, 0.4) is 0 Å². The van der Waals surface area contributed by atoms with E-state index in [0.717, 1.165) is 12.1 Å². The van der Waals surface area contributed by atoms with Gasteiger partial charge in [-0.3, -0.25) is 4.98 Å². The van der Waals surface area contributed by atoms with E-state index in [2.05, 4.69) is 16.8 Å². The van der Waals surface area contributed by atoms with E-state index in [4.69, 9.17) is 0 Å². The molecule has 1 heterocycles. The fourth-order valence-corrected chi connectivity index (χ4v) is 1.86. The van der Waals surface area contributed by atoms with Crippen LogP contribution < -0.4 is 0 Å². The standard InChI is InChI=1S/C17H14F3NO/c1-2-16(22,15-5-3-4-12-21-15)11-10-13-6-8-14(9-7-13)17(18,19)20/h3-9,12,22H,2H2,1H3/t16-/m0/s1. The van der Waals surface area contributed by atoms with Crippen LogP contribution in [-0.2, 0) is 11.8 Å². The zero-order valence-corrected chi connectivity index (χ0v) is 11.9. The normalized spacial score (nSPS) is 13.9. The molecule has 114 valence electrons. The smallest absolute Gasteiger partial charge is 0.372 e. The molecule has 22 heavy (non-hydrogen) atoms. The molecular weight excluding hydrogens is 291 g/mol. The van der Waals surface area contributed by atoms with Crippen molar-refractivity contribution in [3.63, 3.8) is 0 Å². The number of benzene rings is 1. The number of hydrogen-bond donors (Lipinski definition) is 1. The molecule has 0 saturated heterocycles. The summed E-state index contributed by atoms with van der Waals surface area (Å²) in [4.78, 5) is 4.08. The van der Waals surface area contributed by atoms with Gasteiger partial charge in [0.15, 0.2) is 5.60 Å². The van der Waals surface area contributed by atoms with Gasteiger partial charge in [-0.05, 0) is 42.8 Å². The van der Waals surface area contributed by atoms with Gasteiger partial charge in [-0.2, -0.15) is 13.2 Å². The Morgan fingerprint density at radius 1 is 1.09 bits per heavy atom. The predicted octanol–water partition coefficient (Wildman–Crippen LogP) is 3.75. The third-order valence-electron chi connectivity index (χ3n) is 3.23. The maximum absolute atomic E-state index is 12.5. The first-order chi connectivity index (χ1) is 10.3. The Kier molecular flexibility index (Phi) is 4.53. The van der Waals surface area contributed by atoms with Gasteiger partial charge in [-0.25, -0.2) is 0 Å². The summed E-state index contributed by atoms with van der Waals surface area (Å²) in [7, 11) is 0. The van der Waals surface area contributed by atoms with Crippen molar-refractivity contribution in [2.75, 3.05) is 0 Å². The molecule has 0 aliphatic carbocycles. The highest BCUT2D eigenvalue weighted by atomic mass is 19.4. The Bertz CT molecular complexity index is 684. The summed E-state index contributed by atoms with van der Waals surface area (Å²) in [5.41, 5.74) is -1.34. The van der Waals surface area contributed by atoms with Crippen molar-refractivity contribution in [1.82, 2.24) is 4.98 Å². The lowest BCUT2D eigenvalue weighted by Gasteiger charge is -2.19. The van der Waals surface area contributed by atoms with E-state index in [1.807, 2.05) is 0 Å². The second kappa shape index (κ2) is 6.20. The minimum absolute atomic E-state index is 0.317. The lowest BCUT2D eigenvalue weighted by atomic mass is 9.96. The monoisotopic (exact) mass is 305 g/mol. The van der Waals surface area contributed by atoms with Gasteiger partial charge in [0.05, 0.1) is 11.3 Å². The molecule has 0 radical (unpaired) electrons. The first-order valence-corrected chi connectivity index (χ1v) is 6.69. The van der Waals surface area contributed by atoms with Crippen molar-refractivity contribution in [2.24, 2.45) is 0 Å². The number of nitrogens with zero attached hydrogens (tertiary/aromatic N) is 1. The number of alkyl halides is 3. The van der Waals surface area contributed by atoms with Crippen LogP contribution in [0.25, 0.3) is 0 Å². The van der Waals surface area contributed by atoms with Crippen LogP contribution in [0.15, 0.2) is 48.7 Å². The zero-order valence-electron chi connectivity index (χ0n) is 11.9. The molecule has 0 fully saturated rings. The first kappa shape index (κ1) is 16.1. The van der Waals surface area contributed by atoms with E-state index in [1.165, 1.54) is 12.1 Å². The Morgan fingerprint density at radius 3 is 2.27 bits per heavy atom. The Labute approximate surface area is 126 Å². The van der Waals surface area contributed by atoms with Gasteiger partial charge in [-0.15, -0.1) is 0 Å². The minimum atomic E-state index is -4.37. The molecule has 0 aliphatic rings. The van der Waals surface area contributed by atoms with Crippen LogP contribution in [0.5, 0.6) is 0 Å². The molecule has 0 spiro atoms. The summed E-state index contributed by atoms with van der Waals surface area (Å²) in [6.07, 6.45) is -2.50. The Balaban J connectivity index is 2.28. The van der Waals surface area contributed by atoms with Crippen LogP contribution in [0.4, 0.5) is 13.2 Å². The fourth-order valence-electron chi connectivity index (χ4n) is 1.86. The van der Waals surface area contributed by atoms with E-state index in [1.54, 1.807) is 31.3 Å². The lowest BCUT2D eigenvalue weighted by Crippen LogP contribution is -2.23. The second-order valence-corrected chi connectivity index (χ2v) is 4.75. The highest BCUT2D eigenvalue weighted by Crippen LogP contribution is 2.29. The molecule has 1 aromatic carbocycles. The second-order valence-electron chi connectivity index (χ2n) is 4.75. The summed E-state index contributed by atoms with van der Waals surface area (Å²) in [5, 5.41) is 10.5. The number of aromatic nitrogens is 1. The highest BCUT2D eigenvalue weighted by Gasteiger charge is 2.30. The summed E-state index contributed by atoms with van der Waals surface area (Å²) < 4.78 is 37.5. The van der Waals surface area contributed by atoms with Crippen LogP contribution in [0.2, 0.25) is 0 Å². The van der Waals surface area contributed by atoms with Crippen molar-refractivity contribution in [2.45, 2.75) is 25.1 Å². The number of rotatable bonds is 2. The fraction of sp³-hybridized carbons (Fsp3) is 0.235. The van der Waals surface area contributed by atoms with Crippen LogP contribution in [-0.4, -0.2) is 10.1 Å². The largest absolute Gasteiger partial charge is 0.416 e. The van der Waals surface area contributed by atoms with Gasteiger partial charge in [0.2, 0.25) is 0 Å². The van der Waals surface area contributed by atoms with Gasteiger partial charge in [-0.1, -0.05) is 24.8 Å². The molecule has 2 rings (SSSR count). The predicted molar refractivity (Wildman–Crippen MR) is 76.7 cm³/mol. The molecule has 0 saturated carbocycles. The Hall–Kier alpha value is -2.32. The zero-order chi connectivity index (χ0) is 16.2. The molecule has 0 bridgehead atoms. The lowest BCUT2D eigenvalue weighted by molar-refractivity contribution is -0.137. The number of halogens is 3. The van der Waals surface area contributed by atoms with E-state index in [9.17, 15) is 18.3 Å². The van der Waals surface area contributed by atoms with Gasteiger partial charge in [0.25, 0.3) is 0 Å². The SMILES string of the molecule is CC[C@](O)(C#Cc1ccc(C(F)(F)F)cc1)c1ccccn1. The van der Waals surface area contributed by atoms with Crippen LogP contribution in [0, 0.1) is 11.8 Å². The molecule has 1 aromatic heterocycles. The molecule has 0 unspecified atom stereocenters. The molecule has 1 N–H and O–H groups in total. The molecule has 0 aliphatic heterocycles. The molecule has 2 nitrogen and oxygen atoms in total. The number of hydrogen-bond acceptors (Lipinski definition) is 2. The molecule has 1 atom stereocenters. The van der Waals surface area contributed by atoms with E-state index < -0.39 is 17.3 Å². The average molecular weight is 305 g/mol. The minimum Gasteiger partial charge on any atom is -0.372 e.